The molecule has 7 heteroatoms. The van der Waals surface area contributed by atoms with E-state index in [4.69, 9.17) is 9.84 Å². The molecule has 1 aliphatic rings. The average molecular weight is 279 g/mol. The second-order valence-electron chi connectivity index (χ2n) is 4.36. The van der Waals surface area contributed by atoms with Crippen LogP contribution >= 0.6 is 0 Å². The number of carbonyl (C=O) groups is 2. The number of aromatic nitrogens is 1. The lowest BCUT2D eigenvalue weighted by Gasteiger charge is -2.34. The molecule has 1 amide bonds. The fourth-order valence-electron chi connectivity index (χ4n) is 2.05. The fourth-order valence-corrected chi connectivity index (χ4v) is 2.05. The summed E-state index contributed by atoms with van der Waals surface area (Å²) in [5, 5.41) is 8.93. The van der Waals surface area contributed by atoms with E-state index in [1.807, 2.05) is 4.90 Å². The number of ether oxygens (including phenoxy) is 1. The molecule has 1 N–H and O–H groups in total. The standard InChI is InChI=1S/C13H17N3O4/c1-2-20-13(19)16-8-6-15(7-9-16)11-5-3-4-10(14-11)12(17)18/h3-5H,2,6-9H2,1H3,(H,17,18). The van der Waals surface area contributed by atoms with Crippen LogP contribution in [0, 0.1) is 0 Å². The lowest BCUT2D eigenvalue weighted by atomic mass is 10.3. The highest BCUT2D eigenvalue weighted by Gasteiger charge is 2.22. The van der Waals surface area contributed by atoms with Crippen molar-refractivity contribution in [1.29, 1.82) is 0 Å². The SMILES string of the molecule is CCOC(=O)N1CCN(c2cccc(C(=O)O)n2)CC1. The first kappa shape index (κ1) is 14.1. The molecule has 0 unspecified atom stereocenters. The first-order valence-electron chi connectivity index (χ1n) is 6.49. The van der Waals surface area contributed by atoms with Gasteiger partial charge in [0.2, 0.25) is 0 Å². The number of amides is 1. The van der Waals surface area contributed by atoms with Gasteiger partial charge in [-0.15, -0.1) is 0 Å². The van der Waals surface area contributed by atoms with Crippen molar-refractivity contribution in [3.63, 3.8) is 0 Å². The molecule has 108 valence electrons. The highest BCUT2D eigenvalue weighted by atomic mass is 16.6. The minimum absolute atomic E-state index is 0.0234. The molecule has 0 aliphatic carbocycles. The molecule has 0 atom stereocenters. The van der Waals surface area contributed by atoms with Gasteiger partial charge in [-0.25, -0.2) is 14.6 Å². The largest absolute Gasteiger partial charge is 0.477 e. The van der Waals surface area contributed by atoms with Crippen LogP contribution in [-0.2, 0) is 4.74 Å². The minimum atomic E-state index is -1.04. The van der Waals surface area contributed by atoms with E-state index >= 15 is 0 Å². The molecular weight excluding hydrogens is 262 g/mol. The maximum Gasteiger partial charge on any atom is 0.409 e. The Morgan fingerprint density at radius 1 is 1.30 bits per heavy atom. The summed E-state index contributed by atoms with van der Waals surface area (Å²) in [5.74, 6) is -0.426. The number of piperazine rings is 1. The van der Waals surface area contributed by atoms with Crippen LogP contribution in [0.5, 0.6) is 0 Å². The van der Waals surface area contributed by atoms with Gasteiger partial charge in [0.05, 0.1) is 6.61 Å². The highest BCUT2D eigenvalue weighted by Crippen LogP contribution is 2.14. The van der Waals surface area contributed by atoms with Gasteiger partial charge < -0.3 is 19.6 Å². The summed E-state index contributed by atoms with van der Waals surface area (Å²) < 4.78 is 4.95. The first-order valence-corrected chi connectivity index (χ1v) is 6.49. The third kappa shape index (κ3) is 3.17. The Hall–Kier alpha value is -2.31. The van der Waals surface area contributed by atoms with Gasteiger partial charge in [0.1, 0.15) is 5.82 Å². The highest BCUT2D eigenvalue weighted by molar-refractivity contribution is 5.85. The summed E-state index contributed by atoms with van der Waals surface area (Å²) in [6.45, 7) is 4.43. The minimum Gasteiger partial charge on any atom is -0.477 e. The van der Waals surface area contributed by atoms with Gasteiger partial charge in [0.15, 0.2) is 5.69 Å². The summed E-state index contributed by atoms with van der Waals surface area (Å²) in [7, 11) is 0. The number of aromatic carboxylic acids is 1. The number of carboxylic acids is 1. The van der Waals surface area contributed by atoms with E-state index in [2.05, 4.69) is 4.98 Å². The summed E-state index contributed by atoms with van der Waals surface area (Å²) in [5.41, 5.74) is 0.0234. The normalized spacial score (nSPS) is 15.1. The second-order valence-corrected chi connectivity index (χ2v) is 4.36. The van der Waals surface area contributed by atoms with Crippen LogP contribution in [0.15, 0.2) is 18.2 Å². The number of hydrogen-bond donors (Lipinski definition) is 1. The number of rotatable bonds is 3. The number of anilines is 1. The summed E-state index contributed by atoms with van der Waals surface area (Å²) in [6.07, 6.45) is -0.306. The number of hydrogen-bond acceptors (Lipinski definition) is 5. The Labute approximate surface area is 116 Å². The fraction of sp³-hybridized carbons (Fsp3) is 0.462. The van der Waals surface area contributed by atoms with Crippen molar-refractivity contribution in [2.24, 2.45) is 0 Å². The number of carboxylic acid groups (broad SMARTS) is 1. The maximum absolute atomic E-state index is 11.6. The predicted molar refractivity (Wildman–Crippen MR) is 72.0 cm³/mol. The van der Waals surface area contributed by atoms with E-state index in [9.17, 15) is 9.59 Å². The average Bonchev–Trinajstić information content (AvgIpc) is 2.48. The molecule has 0 aromatic carbocycles. The van der Waals surface area contributed by atoms with Crippen LogP contribution in [0.1, 0.15) is 17.4 Å². The zero-order valence-corrected chi connectivity index (χ0v) is 11.3. The molecule has 2 heterocycles. The van der Waals surface area contributed by atoms with Crippen molar-refractivity contribution < 1.29 is 19.4 Å². The Morgan fingerprint density at radius 2 is 2.00 bits per heavy atom. The third-order valence-corrected chi connectivity index (χ3v) is 3.08. The van der Waals surface area contributed by atoms with Crippen molar-refractivity contribution in [2.45, 2.75) is 6.92 Å². The van der Waals surface area contributed by atoms with E-state index in [1.165, 1.54) is 6.07 Å². The van der Waals surface area contributed by atoms with Crippen molar-refractivity contribution in [2.75, 3.05) is 37.7 Å². The van der Waals surface area contributed by atoms with Crippen LogP contribution < -0.4 is 4.90 Å². The number of nitrogens with zero attached hydrogens (tertiary/aromatic N) is 3. The van der Waals surface area contributed by atoms with Gasteiger partial charge in [-0.05, 0) is 19.1 Å². The smallest absolute Gasteiger partial charge is 0.409 e. The quantitative estimate of drug-likeness (QED) is 0.890. The third-order valence-electron chi connectivity index (χ3n) is 3.08. The van der Waals surface area contributed by atoms with E-state index < -0.39 is 5.97 Å². The van der Waals surface area contributed by atoms with E-state index in [0.29, 0.717) is 38.6 Å². The van der Waals surface area contributed by atoms with Crippen LogP contribution in [0.4, 0.5) is 10.6 Å². The van der Waals surface area contributed by atoms with Gasteiger partial charge in [0.25, 0.3) is 0 Å². The molecule has 0 saturated carbocycles. The van der Waals surface area contributed by atoms with E-state index in [1.54, 1.807) is 24.0 Å². The predicted octanol–water partition coefficient (Wildman–Crippen LogP) is 1.06. The zero-order chi connectivity index (χ0) is 14.5. The molecule has 0 radical (unpaired) electrons. The van der Waals surface area contributed by atoms with E-state index in [0.717, 1.165) is 0 Å². The van der Waals surface area contributed by atoms with Gasteiger partial charge >= 0.3 is 12.1 Å². The molecular formula is C13H17N3O4. The molecule has 1 aliphatic heterocycles. The lowest BCUT2D eigenvalue weighted by molar-refractivity contribution is 0.0690. The van der Waals surface area contributed by atoms with Crippen LogP contribution in [-0.4, -0.2) is 59.8 Å². The van der Waals surface area contributed by atoms with Crippen LogP contribution in [0.3, 0.4) is 0 Å². The van der Waals surface area contributed by atoms with Gasteiger partial charge in [-0.1, -0.05) is 6.07 Å². The van der Waals surface area contributed by atoms with Gasteiger partial charge in [-0.2, -0.15) is 0 Å². The molecule has 1 aromatic heterocycles. The van der Waals surface area contributed by atoms with Gasteiger partial charge in [-0.3, -0.25) is 0 Å². The molecule has 7 nitrogen and oxygen atoms in total. The van der Waals surface area contributed by atoms with Crippen molar-refractivity contribution in [3.05, 3.63) is 23.9 Å². The maximum atomic E-state index is 11.6. The lowest BCUT2D eigenvalue weighted by Crippen LogP contribution is -2.49. The molecule has 1 aromatic rings. The summed E-state index contributed by atoms with van der Waals surface area (Å²) in [4.78, 5) is 30.2. The van der Waals surface area contributed by atoms with Gasteiger partial charge in [0, 0.05) is 26.2 Å². The Morgan fingerprint density at radius 3 is 2.60 bits per heavy atom. The van der Waals surface area contributed by atoms with Crippen molar-refractivity contribution >= 4 is 17.9 Å². The van der Waals surface area contributed by atoms with E-state index in [-0.39, 0.29) is 11.8 Å². The molecule has 20 heavy (non-hydrogen) atoms. The topological polar surface area (TPSA) is 83.0 Å². The Kier molecular flexibility index (Phi) is 4.39. The Balaban J connectivity index is 1.98. The number of pyridine rings is 1. The molecule has 1 fully saturated rings. The first-order chi connectivity index (χ1) is 9.61. The summed E-state index contributed by atoms with van der Waals surface area (Å²) in [6, 6.07) is 4.90. The van der Waals surface area contributed by atoms with Crippen molar-refractivity contribution in [1.82, 2.24) is 9.88 Å². The molecule has 1 saturated heterocycles. The van der Waals surface area contributed by atoms with Crippen molar-refractivity contribution in [3.8, 4) is 0 Å². The number of carbonyl (C=O) groups excluding carboxylic acids is 1. The van der Waals surface area contributed by atoms with Crippen LogP contribution in [0.2, 0.25) is 0 Å². The molecule has 0 bridgehead atoms. The Bertz CT molecular complexity index is 498. The zero-order valence-electron chi connectivity index (χ0n) is 11.3. The second kappa shape index (κ2) is 6.23. The monoisotopic (exact) mass is 279 g/mol. The van der Waals surface area contributed by atoms with Crippen LogP contribution in [0.25, 0.3) is 0 Å². The molecule has 0 spiro atoms. The summed E-state index contributed by atoms with van der Waals surface area (Å²) >= 11 is 0. The molecule has 2 rings (SSSR count).